The molecule has 0 bridgehead atoms. The van der Waals surface area contributed by atoms with Crippen molar-refractivity contribution in [1.82, 2.24) is 0 Å². The second-order valence-corrected chi connectivity index (χ2v) is 6.94. The van der Waals surface area contributed by atoms with Crippen molar-refractivity contribution >= 4 is 15.5 Å². The van der Waals surface area contributed by atoms with Crippen LogP contribution in [0.3, 0.4) is 0 Å². The molecule has 0 aliphatic carbocycles. The summed E-state index contributed by atoms with van der Waals surface area (Å²) in [6, 6.07) is 0. The first-order valence-corrected chi connectivity index (χ1v) is 6.32. The van der Waals surface area contributed by atoms with Crippen LogP contribution < -0.4 is 0 Å². The molecule has 5 heteroatoms. The van der Waals surface area contributed by atoms with Crippen LogP contribution in [-0.4, -0.2) is 30.3 Å². The van der Waals surface area contributed by atoms with Crippen LogP contribution in [0.5, 0.6) is 0 Å². The summed E-state index contributed by atoms with van der Waals surface area (Å²) in [6.07, 6.45) is 0. The van der Waals surface area contributed by atoms with E-state index < -0.39 is 20.5 Å². The smallest absolute Gasteiger partial charge is 0.158 e. The van der Waals surface area contributed by atoms with Gasteiger partial charge in [-0.3, -0.25) is 0 Å². The minimum absolute atomic E-state index is 0.0588. The molecule has 0 saturated heterocycles. The fourth-order valence-electron chi connectivity index (χ4n) is 1.26. The first kappa shape index (κ1) is 13.4. The summed E-state index contributed by atoms with van der Waals surface area (Å²) in [7, 11) is -3.18. The minimum Gasteiger partial charge on any atom is -0.411 e. The van der Waals surface area contributed by atoms with Crippen molar-refractivity contribution in [2.75, 3.05) is 5.75 Å². The van der Waals surface area contributed by atoms with Gasteiger partial charge in [0.1, 0.15) is 5.25 Å². The lowest BCUT2D eigenvalue weighted by Gasteiger charge is -2.24. The highest BCUT2D eigenvalue weighted by Crippen LogP contribution is 2.22. The zero-order chi connectivity index (χ0) is 11.6. The number of hydrogen-bond donors (Lipinski definition) is 1. The summed E-state index contributed by atoms with van der Waals surface area (Å²) in [5.74, 6) is 0.0588. The van der Waals surface area contributed by atoms with Crippen LogP contribution in [-0.2, 0) is 9.84 Å². The van der Waals surface area contributed by atoms with E-state index in [1.807, 2.05) is 20.8 Å². The molecular weight excluding hydrogens is 202 g/mol. The number of rotatable bonds is 3. The fourth-order valence-corrected chi connectivity index (χ4v) is 2.50. The number of nitrogens with zero attached hydrogens (tertiary/aromatic N) is 1. The van der Waals surface area contributed by atoms with Crippen molar-refractivity contribution in [3.05, 3.63) is 0 Å². The Bertz CT molecular complexity index is 311. The largest absolute Gasteiger partial charge is 0.411 e. The average molecular weight is 221 g/mol. The van der Waals surface area contributed by atoms with Gasteiger partial charge in [0.2, 0.25) is 0 Å². The molecule has 1 N–H and O–H groups in total. The Morgan fingerprint density at radius 1 is 1.43 bits per heavy atom. The van der Waals surface area contributed by atoms with E-state index in [0.717, 1.165) is 0 Å². The number of sulfone groups is 1. The second kappa shape index (κ2) is 4.29. The van der Waals surface area contributed by atoms with E-state index in [1.54, 1.807) is 13.8 Å². The van der Waals surface area contributed by atoms with Gasteiger partial charge >= 0.3 is 0 Å². The molecular formula is C9H19NO3S. The van der Waals surface area contributed by atoms with E-state index in [4.69, 9.17) is 5.21 Å². The van der Waals surface area contributed by atoms with Gasteiger partial charge in [-0.15, -0.1) is 0 Å². The van der Waals surface area contributed by atoms with E-state index in [9.17, 15) is 8.42 Å². The van der Waals surface area contributed by atoms with E-state index in [-0.39, 0.29) is 5.75 Å². The highest BCUT2D eigenvalue weighted by molar-refractivity contribution is 7.92. The van der Waals surface area contributed by atoms with Gasteiger partial charge in [-0.25, -0.2) is 8.42 Å². The van der Waals surface area contributed by atoms with Crippen molar-refractivity contribution in [2.45, 2.75) is 39.9 Å². The Morgan fingerprint density at radius 3 is 2.07 bits per heavy atom. The predicted octanol–water partition coefficient (Wildman–Crippen LogP) is 1.69. The molecule has 0 aromatic carbocycles. The van der Waals surface area contributed by atoms with Crippen LogP contribution >= 0.6 is 0 Å². The molecule has 0 saturated carbocycles. The molecule has 4 nitrogen and oxygen atoms in total. The molecule has 0 aromatic rings. The topological polar surface area (TPSA) is 66.7 Å². The normalized spacial score (nSPS) is 16.8. The molecule has 0 spiro atoms. The molecule has 0 fully saturated rings. The first-order valence-electron chi connectivity index (χ1n) is 4.60. The molecule has 0 radical (unpaired) electrons. The lowest BCUT2D eigenvalue weighted by molar-refractivity contribution is 0.309. The summed E-state index contributed by atoms with van der Waals surface area (Å²) in [5, 5.41) is 11.2. The average Bonchev–Trinajstić information content (AvgIpc) is 2.03. The summed E-state index contributed by atoms with van der Waals surface area (Å²) < 4.78 is 23.1. The number of oxime groups is 1. The number of hydrogen-bond acceptors (Lipinski definition) is 4. The van der Waals surface area contributed by atoms with Crippen LogP contribution in [0, 0.1) is 5.41 Å². The van der Waals surface area contributed by atoms with E-state index in [2.05, 4.69) is 5.16 Å². The fraction of sp³-hybridized carbons (Fsp3) is 0.889. The molecule has 0 heterocycles. The van der Waals surface area contributed by atoms with Crippen molar-refractivity contribution < 1.29 is 13.6 Å². The van der Waals surface area contributed by atoms with Crippen molar-refractivity contribution in [3.8, 4) is 0 Å². The molecule has 1 unspecified atom stereocenters. The molecule has 14 heavy (non-hydrogen) atoms. The lowest BCUT2D eigenvalue weighted by atomic mass is 9.88. The van der Waals surface area contributed by atoms with Gasteiger partial charge in [-0.1, -0.05) is 32.9 Å². The Hall–Kier alpha value is -0.580. The summed E-state index contributed by atoms with van der Waals surface area (Å²) in [6.45, 7) is 8.61. The third-order valence-electron chi connectivity index (χ3n) is 2.20. The maximum atomic E-state index is 11.6. The molecule has 1 atom stereocenters. The summed E-state index contributed by atoms with van der Waals surface area (Å²) >= 11 is 0. The van der Waals surface area contributed by atoms with E-state index >= 15 is 0 Å². The molecule has 0 aliphatic heterocycles. The summed E-state index contributed by atoms with van der Waals surface area (Å²) in [5.41, 5.74) is -0.129. The predicted molar refractivity (Wildman–Crippen MR) is 57.6 cm³/mol. The van der Waals surface area contributed by atoms with E-state index in [0.29, 0.717) is 5.71 Å². The van der Waals surface area contributed by atoms with Gasteiger partial charge in [0.25, 0.3) is 0 Å². The highest BCUT2D eigenvalue weighted by Gasteiger charge is 2.32. The van der Waals surface area contributed by atoms with Crippen molar-refractivity contribution in [1.29, 1.82) is 0 Å². The second-order valence-electron chi connectivity index (χ2n) is 4.33. The van der Waals surface area contributed by atoms with Crippen LogP contribution in [0.15, 0.2) is 5.16 Å². The van der Waals surface area contributed by atoms with Gasteiger partial charge < -0.3 is 5.21 Å². The maximum Gasteiger partial charge on any atom is 0.158 e. The maximum absolute atomic E-state index is 11.6. The summed E-state index contributed by atoms with van der Waals surface area (Å²) in [4.78, 5) is 0. The standard InChI is InChI=1S/C9H19NO3S/c1-6-14(12,13)7(2)8(10-11)9(3,4)5/h7,11H,6H2,1-5H3. The van der Waals surface area contributed by atoms with Crippen LogP contribution in [0.2, 0.25) is 0 Å². The van der Waals surface area contributed by atoms with E-state index in [1.165, 1.54) is 0 Å². The first-order chi connectivity index (χ1) is 6.16. The lowest BCUT2D eigenvalue weighted by Crippen LogP contribution is -2.37. The molecule has 0 amide bonds. The molecule has 0 aromatic heterocycles. The van der Waals surface area contributed by atoms with Crippen molar-refractivity contribution in [2.24, 2.45) is 10.6 Å². The van der Waals surface area contributed by atoms with Crippen LogP contribution in [0.1, 0.15) is 34.6 Å². The van der Waals surface area contributed by atoms with Gasteiger partial charge in [-0.2, -0.15) is 0 Å². The quantitative estimate of drug-likeness (QED) is 0.448. The van der Waals surface area contributed by atoms with Crippen molar-refractivity contribution in [3.63, 3.8) is 0 Å². The molecule has 84 valence electrons. The monoisotopic (exact) mass is 221 g/mol. The Labute approximate surface area is 85.9 Å². The van der Waals surface area contributed by atoms with Crippen LogP contribution in [0.25, 0.3) is 0 Å². The Morgan fingerprint density at radius 2 is 1.86 bits per heavy atom. The Balaban J connectivity index is 5.13. The highest BCUT2D eigenvalue weighted by atomic mass is 32.2. The van der Waals surface area contributed by atoms with Crippen LogP contribution in [0.4, 0.5) is 0 Å². The molecule has 0 aliphatic rings. The van der Waals surface area contributed by atoms with Gasteiger partial charge in [0.05, 0.1) is 5.71 Å². The third kappa shape index (κ3) is 2.97. The zero-order valence-electron chi connectivity index (χ0n) is 9.40. The SMILES string of the molecule is CCS(=O)(=O)C(C)C(=NO)C(C)(C)C. The van der Waals surface area contributed by atoms with Gasteiger partial charge in [0, 0.05) is 11.2 Å². The zero-order valence-corrected chi connectivity index (χ0v) is 10.2. The van der Waals surface area contributed by atoms with Gasteiger partial charge in [-0.05, 0) is 6.92 Å². The third-order valence-corrected chi connectivity index (χ3v) is 4.31. The Kier molecular flexibility index (Phi) is 4.12. The van der Waals surface area contributed by atoms with Gasteiger partial charge in [0.15, 0.2) is 9.84 Å². The molecule has 0 rings (SSSR count). The minimum atomic E-state index is -3.18.